The molecule has 1 amide bonds. The standard InChI is InChI=1S/C17H27N3O/c1-20(2)13-14-6-5-8-16(12-14)19-17(21)10-9-15-7-3-4-11-18-15/h5-6,8,12,15,18H,3-4,7,9-11,13H2,1-2H3,(H,19,21). The van der Waals surface area contributed by atoms with Gasteiger partial charge in [0, 0.05) is 24.7 Å². The van der Waals surface area contributed by atoms with Gasteiger partial charge in [0.1, 0.15) is 0 Å². The van der Waals surface area contributed by atoms with Gasteiger partial charge in [-0.05, 0) is 57.6 Å². The number of rotatable bonds is 6. The maximum atomic E-state index is 12.0. The van der Waals surface area contributed by atoms with Gasteiger partial charge < -0.3 is 15.5 Å². The van der Waals surface area contributed by atoms with Gasteiger partial charge in [0.25, 0.3) is 0 Å². The van der Waals surface area contributed by atoms with Crippen molar-refractivity contribution in [1.82, 2.24) is 10.2 Å². The molecule has 4 heteroatoms. The monoisotopic (exact) mass is 289 g/mol. The van der Waals surface area contributed by atoms with Crippen molar-refractivity contribution in [1.29, 1.82) is 0 Å². The normalized spacial score (nSPS) is 18.7. The molecule has 21 heavy (non-hydrogen) atoms. The first kappa shape index (κ1) is 16.0. The Balaban J connectivity index is 1.78. The highest BCUT2D eigenvalue weighted by molar-refractivity contribution is 5.90. The summed E-state index contributed by atoms with van der Waals surface area (Å²) in [6.45, 7) is 1.98. The second-order valence-corrected chi connectivity index (χ2v) is 6.17. The number of anilines is 1. The van der Waals surface area contributed by atoms with Gasteiger partial charge in [0.15, 0.2) is 0 Å². The summed E-state index contributed by atoms with van der Waals surface area (Å²) >= 11 is 0. The van der Waals surface area contributed by atoms with Gasteiger partial charge in [-0.15, -0.1) is 0 Å². The Kier molecular flexibility index (Phi) is 6.21. The average Bonchev–Trinajstić information content (AvgIpc) is 2.46. The molecule has 0 aliphatic carbocycles. The van der Waals surface area contributed by atoms with Crippen LogP contribution in [0, 0.1) is 0 Å². The highest BCUT2D eigenvalue weighted by atomic mass is 16.1. The molecule has 116 valence electrons. The van der Waals surface area contributed by atoms with Crippen LogP contribution in [0.5, 0.6) is 0 Å². The molecular formula is C17H27N3O. The fraction of sp³-hybridized carbons (Fsp3) is 0.588. The van der Waals surface area contributed by atoms with E-state index in [1.807, 2.05) is 26.2 Å². The molecule has 0 aromatic heterocycles. The molecule has 1 atom stereocenters. The van der Waals surface area contributed by atoms with E-state index in [1.54, 1.807) is 0 Å². The van der Waals surface area contributed by atoms with E-state index in [0.717, 1.165) is 25.2 Å². The molecule has 0 spiro atoms. The summed E-state index contributed by atoms with van der Waals surface area (Å²) in [6, 6.07) is 8.61. The molecule has 1 saturated heterocycles. The maximum Gasteiger partial charge on any atom is 0.224 e. The van der Waals surface area contributed by atoms with Crippen LogP contribution in [0.3, 0.4) is 0 Å². The van der Waals surface area contributed by atoms with Crippen molar-refractivity contribution >= 4 is 11.6 Å². The summed E-state index contributed by atoms with van der Waals surface area (Å²) < 4.78 is 0. The van der Waals surface area contributed by atoms with Crippen molar-refractivity contribution < 1.29 is 4.79 Å². The second kappa shape index (κ2) is 8.15. The largest absolute Gasteiger partial charge is 0.326 e. The number of piperidine rings is 1. The summed E-state index contributed by atoms with van der Waals surface area (Å²) in [7, 11) is 4.09. The summed E-state index contributed by atoms with van der Waals surface area (Å²) in [5.41, 5.74) is 2.11. The number of amides is 1. The Hall–Kier alpha value is -1.39. The van der Waals surface area contributed by atoms with E-state index >= 15 is 0 Å². The van der Waals surface area contributed by atoms with E-state index in [2.05, 4.69) is 27.7 Å². The minimum Gasteiger partial charge on any atom is -0.326 e. The molecule has 1 heterocycles. The first-order chi connectivity index (χ1) is 10.1. The lowest BCUT2D eigenvalue weighted by atomic mass is 10.0. The number of hydrogen-bond donors (Lipinski definition) is 2. The zero-order chi connectivity index (χ0) is 15.1. The molecule has 2 N–H and O–H groups in total. The van der Waals surface area contributed by atoms with Crippen molar-refractivity contribution in [2.24, 2.45) is 0 Å². The highest BCUT2D eigenvalue weighted by Gasteiger charge is 2.14. The molecule has 1 fully saturated rings. The van der Waals surface area contributed by atoms with Crippen molar-refractivity contribution in [3.05, 3.63) is 29.8 Å². The SMILES string of the molecule is CN(C)Cc1cccc(NC(=O)CCC2CCCCN2)c1. The number of hydrogen-bond acceptors (Lipinski definition) is 3. The highest BCUT2D eigenvalue weighted by Crippen LogP contribution is 2.15. The van der Waals surface area contributed by atoms with Crippen LogP contribution in [0.2, 0.25) is 0 Å². The van der Waals surface area contributed by atoms with Gasteiger partial charge in [0.2, 0.25) is 5.91 Å². The van der Waals surface area contributed by atoms with Crippen LogP contribution in [-0.2, 0) is 11.3 Å². The number of carbonyl (C=O) groups excluding carboxylic acids is 1. The van der Waals surface area contributed by atoms with E-state index in [-0.39, 0.29) is 5.91 Å². The lowest BCUT2D eigenvalue weighted by molar-refractivity contribution is -0.116. The zero-order valence-electron chi connectivity index (χ0n) is 13.2. The van der Waals surface area contributed by atoms with Crippen LogP contribution in [-0.4, -0.2) is 37.5 Å². The molecule has 0 saturated carbocycles. The fourth-order valence-corrected chi connectivity index (χ4v) is 2.81. The molecule has 1 aliphatic rings. The van der Waals surface area contributed by atoms with Crippen molar-refractivity contribution in [2.75, 3.05) is 26.0 Å². The molecule has 1 aromatic carbocycles. The predicted molar refractivity (Wildman–Crippen MR) is 87.3 cm³/mol. The molecule has 4 nitrogen and oxygen atoms in total. The molecule has 2 rings (SSSR count). The quantitative estimate of drug-likeness (QED) is 0.846. The van der Waals surface area contributed by atoms with E-state index in [0.29, 0.717) is 12.5 Å². The van der Waals surface area contributed by atoms with Gasteiger partial charge >= 0.3 is 0 Å². The van der Waals surface area contributed by atoms with Gasteiger partial charge in [-0.3, -0.25) is 4.79 Å². The first-order valence-electron chi connectivity index (χ1n) is 7.90. The number of nitrogens with one attached hydrogen (secondary N) is 2. The van der Waals surface area contributed by atoms with E-state index in [9.17, 15) is 4.79 Å². The van der Waals surface area contributed by atoms with Crippen LogP contribution in [0.15, 0.2) is 24.3 Å². The van der Waals surface area contributed by atoms with Gasteiger partial charge in [-0.1, -0.05) is 18.6 Å². The summed E-state index contributed by atoms with van der Waals surface area (Å²) in [5, 5.41) is 6.49. The predicted octanol–water partition coefficient (Wildman–Crippen LogP) is 2.61. The number of benzene rings is 1. The fourth-order valence-electron chi connectivity index (χ4n) is 2.81. The Labute approximate surface area is 127 Å². The van der Waals surface area contributed by atoms with Crippen LogP contribution in [0.1, 0.15) is 37.7 Å². The molecule has 1 aromatic rings. The van der Waals surface area contributed by atoms with Crippen molar-refractivity contribution in [2.45, 2.75) is 44.7 Å². The topological polar surface area (TPSA) is 44.4 Å². The van der Waals surface area contributed by atoms with Gasteiger partial charge in [-0.25, -0.2) is 0 Å². The summed E-state index contributed by atoms with van der Waals surface area (Å²) in [6.07, 6.45) is 5.28. The van der Waals surface area contributed by atoms with Gasteiger partial charge in [-0.2, -0.15) is 0 Å². The molecular weight excluding hydrogens is 262 g/mol. The summed E-state index contributed by atoms with van der Waals surface area (Å²) in [4.78, 5) is 14.2. The average molecular weight is 289 g/mol. The maximum absolute atomic E-state index is 12.0. The minimum absolute atomic E-state index is 0.115. The Morgan fingerprint density at radius 2 is 2.24 bits per heavy atom. The smallest absolute Gasteiger partial charge is 0.224 e. The zero-order valence-corrected chi connectivity index (χ0v) is 13.2. The lowest BCUT2D eigenvalue weighted by Crippen LogP contribution is -2.34. The van der Waals surface area contributed by atoms with Crippen molar-refractivity contribution in [3.63, 3.8) is 0 Å². The minimum atomic E-state index is 0.115. The summed E-state index contributed by atoms with van der Waals surface area (Å²) in [5.74, 6) is 0.115. The van der Waals surface area contributed by atoms with Crippen LogP contribution in [0.25, 0.3) is 0 Å². The van der Waals surface area contributed by atoms with Crippen LogP contribution < -0.4 is 10.6 Å². The molecule has 1 aliphatic heterocycles. The Bertz CT molecular complexity index is 453. The number of carbonyl (C=O) groups is 1. The Morgan fingerprint density at radius 1 is 1.38 bits per heavy atom. The molecule has 0 bridgehead atoms. The van der Waals surface area contributed by atoms with Crippen molar-refractivity contribution in [3.8, 4) is 0 Å². The molecule has 1 unspecified atom stereocenters. The third-order valence-electron chi connectivity index (χ3n) is 3.84. The third kappa shape index (κ3) is 5.86. The van der Waals surface area contributed by atoms with E-state index in [4.69, 9.17) is 0 Å². The first-order valence-corrected chi connectivity index (χ1v) is 7.90. The third-order valence-corrected chi connectivity index (χ3v) is 3.84. The van der Waals surface area contributed by atoms with Crippen LogP contribution in [0.4, 0.5) is 5.69 Å². The van der Waals surface area contributed by atoms with Gasteiger partial charge in [0.05, 0.1) is 0 Å². The van der Waals surface area contributed by atoms with E-state index < -0.39 is 0 Å². The number of nitrogens with zero attached hydrogens (tertiary/aromatic N) is 1. The Morgan fingerprint density at radius 3 is 2.95 bits per heavy atom. The van der Waals surface area contributed by atoms with E-state index in [1.165, 1.54) is 24.8 Å². The lowest BCUT2D eigenvalue weighted by Gasteiger charge is -2.23. The molecule has 0 radical (unpaired) electrons. The van der Waals surface area contributed by atoms with Crippen LogP contribution >= 0.6 is 0 Å². The second-order valence-electron chi connectivity index (χ2n) is 6.17.